The lowest BCUT2D eigenvalue weighted by Gasteiger charge is -2.16. The van der Waals surface area contributed by atoms with Crippen molar-refractivity contribution in [2.75, 3.05) is 14.2 Å². The van der Waals surface area contributed by atoms with Gasteiger partial charge >= 0.3 is 5.97 Å². The molecule has 1 aliphatic rings. The second kappa shape index (κ2) is 4.51. The van der Waals surface area contributed by atoms with Crippen LogP contribution in [0.1, 0.15) is 24.3 Å². The van der Waals surface area contributed by atoms with E-state index < -0.39 is 0 Å². The lowest BCUT2D eigenvalue weighted by atomic mass is 9.95. The molecule has 0 amide bonds. The van der Waals surface area contributed by atoms with Crippen molar-refractivity contribution >= 4 is 5.97 Å². The van der Waals surface area contributed by atoms with Crippen molar-refractivity contribution < 1.29 is 14.3 Å². The molecule has 4 nitrogen and oxygen atoms in total. The highest BCUT2D eigenvalue weighted by atomic mass is 16.5. The van der Waals surface area contributed by atoms with Crippen LogP contribution in [0.4, 0.5) is 0 Å². The van der Waals surface area contributed by atoms with Gasteiger partial charge in [0.2, 0.25) is 0 Å². The fourth-order valence-electron chi connectivity index (χ4n) is 1.94. The second-order valence-corrected chi connectivity index (χ2v) is 3.96. The van der Waals surface area contributed by atoms with Crippen molar-refractivity contribution in [1.29, 1.82) is 0 Å². The van der Waals surface area contributed by atoms with Crippen molar-refractivity contribution in [1.82, 2.24) is 4.98 Å². The average molecular weight is 221 g/mol. The van der Waals surface area contributed by atoms with Gasteiger partial charge in [-0.2, -0.15) is 0 Å². The molecule has 1 unspecified atom stereocenters. The Hall–Kier alpha value is -1.58. The van der Waals surface area contributed by atoms with Crippen LogP contribution >= 0.6 is 0 Å². The third-order valence-electron chi connectivity index (χ3n) is 2.91. The van der Waals surface area contributed by atoms with Crippen molar-refractivity contribution in [2.45, 2.75) is 18.8 Å². The number of esters is 1. The number of methoxy groups -OCH3 is 2. The number of ether oxygens (including phenoxy) is 2. The zero-order chi connectivity index (χ0) is 11.5. The van der Waals surface area contributed by atoms with Gasteiger partial charge in [-0.1, -0.05) is 0 Å². The number of hydrogen-bond acceptors (Lipinski definition) is 4. The lowest BCUT2D eigenvalue weighted by molar-refractivity contribution is -0.143. The molecule has 1 saturated carbocycles. The molecule has 86 valence electrons. The number of pyridine rings is 1. The molecule has 0 N–H and O–H groups in total. The Morgan fingerprint density at radius 2 is 2.25 bits per heavy atom. The van der Waals surface area contributed by atoms with Crippen LogP contribution < -0.4 is 4.74 Å². The highest BCUT2D eigenvalue weighted by molar-refractivity contribution is 5.79. The van der Waals surface area contributed by atoms with E-state index in [0.29, 0.717) is 11.7 Å². The maximum atomic E-state index is 11.8. The predicted molar refractivity (Wildman–Crippen MR) is 58.3 cm³/mol. The Labute approximate surface area is 94.6 Å². The number of carbonyl (C=O) groups excluding carboxylic acids is 1. The molecule has 2 rings (SSSR count). The summed E-state index contributed by atoms with van der Waals surface area (Å²) in [4.78, 5) is 15.8. The SMILES string of the molecule is COC(=O)C(c1cnccc1OC)C1CC1. The number of carbonyl (C=O) groups is 1. The maximum Gasteiger partial charge on any atom is 0.313 e. The molecule has 1 fully saturated rings. The molecular weight excluding hydrogens is 206 g/mol. The van der Waals surface area contributed by atoms with Gasteiger partial charge in [0.05, 0.1) is 20.1 Å². The van der Waals surface area contributed by atoms with Gasteiger partial charge < -0.3 is 9.47 Å². The van der Waals surface area contributed by atoms with Crippen LogP contribution in [-0.4, -0.2) is 25.2 Å². The summed E-state index contributed by atoms with van der Waals surface area (Å²) in [5.41, 5.74) is 0.833. The van der Waals surface area contributed by atoms with Crippen molar-refractivity contribution in [3.05, 3.63) is 24.0 Å². The molecule has 0 radical (unpaired) electrons. The van der Waals surface area contributed by atoms with Gasteiger partial charge in [0.15, 0.2) is 0 Å². The minimum atomic E-state index is -0.228. The zero-order valence-corrected chi connectivity index (χ0v) is 9.47. The highest BCUT2D eigenvalue weighted by Gasteiger charge is 2.39. The van der Waals surface area contributed by atoms with Crippen molar-refractivity contribution in [3.8, 4) is 5.75 Å². The lowest BCUT2D eigenvalue weighted by Crippen LogP contribution is -2.17. The highest BCUT2D eigenvalue weighted by Crippen LogP contribution is 2.45. The van der Waals surface area contributed by atoms with Gasteiger partial charge in [-0.05, 0) is 24.8 Å². The Morgan fingerprint density at radius 1 is 1.50 bits per heavy atom. The minimum absolute atomic E-state index is 0.200. The van der Waals surface area contributed by atoms with Gasteiger partial charge in [-0.25, -0.2) is 0 Å². The smallest absolute Gasteiger partial charge is 0.313 e. The van der Waals surface area contributed by atoms with E-state index in [4.69, 9.17) is 9.47 Å². The molecule has 1 atom stereocenters. The molecule has 0 aliphatic heterocycles. The van der Waals surface area contributed by atoms with Gasteiger partial charge in [0.1, 0.15) is 5.75 Å². The van der Waals surface area contributed by atoms with Crippen LogP contribution in [0.3, 0.4) is 0 Å². The fourth-order valence-corrected chi connectivity index (χ4v) is 1.94. The van der Waals surface area contributed by atoms with Crippen LogP contribution in [0.5, 0.6) is 5.75 Å². The van der Waals surface area contributed by atoms with E-state index in [1.54, 1.807) is 25.6 Å². The monoisotopic (exact) mass is 221 g/mol. The summed E-state index contributed by atoms with van der Waals surface area (Å²) < 4.78 is 10.1. The quantitative estimate of drug-likeness (QED) is 0.727. The number of rotatable bonds is 4. The van der Waals surface area contributed by atoms with Crippen LogP contribution in [0.25, 0.3) is 0 Å². The average Bonchev–Trinajstić information content (AvgIpc) is 3.14. The van der Waals surface area contributed by atoms with Crippen LogP contribution in [0.2, 0.25) is 0 Å². The minimum Gasteiger partial charge on any atom is -0.496 e. The molecule has 0 saturated heterocycles. The summed E-state index contributed by atoms with van der Waals surface area (Å²) in [7, 11) is 3.01. The predicted octanol–water partition coefficient (Wildman–Crippen LogP) is 1.76. The van der Waals surface area contributed by atoms with Gasteiger partial charge in [0, 0.05) is 18.0 Å². The largest absolute Gasteiger partial charge is 0.496 e. The van der Waals surface area contributed by atoms with Gasteiger partial charge in [-0.15, -0.1) is 0 Å². The first-order chi connectivity index (χ1) is 7.77. The van der Waals surface area contributed by atoms with Crippen LogP contribution in [-0.2, 0) is 9.53 Å². The molecular formula is C12H15NO3. The van der Waals surface area contributed by atoms with E-state index >= 15 is 0 Å². The summed E-state index contributed by atoms with van der Waals surface area (Å²) >= 11 is 0. The van der Waals surface area contributed by atoms with E-state index in [2.05, 4.69) is 4.98 Å². The first-order valence-corrected chi connectivity index (χ1v) is 5.33. The molecule has 0 spiro atoms. The number of hydrogen-bond donors (Lipinski definition) is 0. The molecule has 4 heteroatoms. The standard InChI is InChI=1S/C12H15NO3/c1-15-10-5-6-13-7-9(10)11(8-3-4-8)12(14)16-2/h5-8,11H,3-4H2,1-2H3. The van der Waals surface area contributed by atoms with Gasteiger partial charge in [-0.3, -0.25) is 9.78 Å². The summed E-state index contributed by atoms with van der Waals surface area (Å²) in [5.74, 6) is 0.658. The fraction of sp³-hybridized carbons (Fsp3) is 0.500. The van der Waals surface area contributed by atoms with E-state index in [-0.39, 0.29) is 11.9 Å². The molecule has 0 bridgehead atoms. The third kappa shape index (κ3) is 2.01. The molecule has 0 aromatic carbocycles. The Morgan fingerprint density at radius 3 is 2.81 bits per heavy atom. The summed E-state index contributed by atoms with van der Waals surface area (Å²) in [5, 5.41) is 0. The van der Waals surface area contributed by atoms with E-state index in [1.807, 2.05) is 0 Å². The third-order valence-corrected chi connectivity index (χ3v) is 2.91. The summed E-state index contributed by atoms with van der Waals surface area (Å²) in [6.07, 6.45) is 5.48. The first-order valence-electron chi connectivity index (χ1n) is 5.33. The zero-order valence-electron chi connectivity index (χ0n) is 9.47. The number of aromatic nitrogens is 1. The Balaban J connectivity index is 2.34. The van der Waals surface area contributed by atoms with Gasteiger partial charge in [0.25, 0.3) is 0 Å². The van der Waals surface area contributed by atoms with E-state index in [1.165, 1.54) is 7.11 Å². The number of nitrogens with zero attached hydrogens (tertiary/aromatic N) is 1. The van der Waals surface area contributed by atoms with E-state index in [9.17, 15) is 4.79 Å². The Bertz CT molecular complexity index is 388. The normalized spacial score (nSPS) is 16.6. The molecule has 16 heavy (non-hydrogen) atoms. The van der Waals surface area contributed by atoms with Crippen LogP contribution in [0, 0.1) is 5.92 Å². The molecule has 1 aliphatic carbocycles. The van der Waals surface area contributed by atoms with Crippen molar-refractivity contribution in [3.63, 3.8) is 0 Å². The van der Waals surface area contributed by atoms with Crippen LogP contribution in [0.15, 0.2) is 18.5 Å². The summed E-state index contributed by atoms with van der Waals surface area (Å²) in [6, 6.07) is 1.77. The molecule has 1 heterocycles. The maximum absolute atomic E-state index is 11.8. The first kappa shape index (κ1) is 10.9. The molecule has 1 aromatic heterocycles. The Kier molecular flexibility index (Phi) is 3.08. The van der Waals surface area contributed by atoms with E-state index in [0.717, 1.165) is 18.4 Å². The topological polar surface area (TPSA) is 48.4 Å². The second-order valence-electron chi connectivity index (χ2n) is 3.96. The summed E-state index contributed by atoms with van der Waals surface area (Å²) in [6.45, 7) is 0. The molecule has 1 aromatic rings. The van der Waals surface area contributed by atoms with Crippen molar-refractivity contribution in [2.24, 2.45) is 5.92 Å².